The second-order valence-corrected chi connectivity index (χ2v) is 7.10. The molecule has 2 heterocycles. The molecule has 3 aromatic rings. The van der Waals surface area contributed by atoms with E-state index in [0.717, 1.165) is 0 Å². The molecule has 0 saturated carbocycles. The lowest BCUT2D eigenvalue weighted by Crippen LogP contribution is -2.23. The number of benzene rings is 1. The Bertz CT molecular complexity index is 948. The molecule has 1 atom stereocenters. The molecule has 1 N–H and O–H groups in total. The first-order valence-corrected chi connectivity index (χ1v) is 8.95. The summed E-state index contributed by atoms with van der Waals surface area (Å²) >= 11 is 7.17. The van der Waals surface area contributed by atoms with Crippen LogP contribution in [0.25, 0.3) is 11.4 Å². The van der Waals surface area contributed by atoms with Crippen LogP contribution in [-0.2, 0) is 11.8 Å². The number of halogens is 2. The summed E-state index contributed by atoms with van der Waals surface area (Å²) in [7, 11) is 1.73. The minimum atomic E-state index is -0.470. The van der Waals surface area contributed by atoms with Gasteiger partial charge in [0.25, 0.3) is 0 Å². The van der Waals surface area contributed by atoms with E-state index in [1.807, 2.05) is 0 Å². The van der Waals surface area contributed by atoms with Gasteiger partial charge >= 0.3 is 0 Å². The van der Waals surface area contributed by atoms with Crippen LogP contribution in [0.4, 0.5) is 10.1 Å². The number of anilines is 1. The second-order valence-electron chi connectivity index (χ2n) is 5.44. The second kappa shape index (κ2) is 7.84. The number of thioether (sulfide) groups is 1. The Labute approximate surface area is 158 Å². The molecule has 0 spiro atoms. The number of amides is 1. The van der Waals surface area contributed by atoms with Crippen molar-refractivity contribution in [2.24, 2.45) is 7.05 Å². The van der Waals surface area contributed by atoms with Crippen LogP contribution in [0, 0.1) is 5.82 Å². The highest BCUT2D eigenvalue weighted by atomic mass is 35.5. The van der Waals surface area contributed by atoms with Crippen LogP contribution < -0.4 is 5.32 Å². The number of rotatable bonds is 5. The Morgan fingerprint density at radius 1 is 1.27 bits per heavy atom. The van der Waals surface area contributed by atoms with Crippen LogP contribution in [0.5, 0.6) is 0 Å². The maximum atomic E-state index is 14.0. The van der Waals surface area contributed by atoms with Gasteiger partial charge in [-0.25, -0.2) is 9.37 Å². The van der Waals surface area contributed by atoms with Gasteiger partial charge in [-0.2, -0.15) is 0 Å². The molecule has 134 valence electrons. The number of nitrogens with one attached hydrogen (secondary N) is 1. The van der Waals surface area contributed by atoms with Crippen molar-refractivity contribution in [3.63, 3.8) is 0 Å². The lowest BCUT2D eigenvalue weighted by Gasteiger charge is -2.12. The molecule has 0 bridgehead atoms. The fourth-order valence-electron chi connectivity index (χ4n) is 2.22. The Balaban J connectivity index is 1.74. The fourth-order valence-corrected chi connectivity index (χ4v) is 3.20. The molecule has 1 amide bonds. The predicted molar refractivity (Wildman–Crippen MR) is 99.6 cm³/mol. The topological polar surface area (TPSA) is 72.7 Å². The van der Waals surface area contributed by atoms with Crippen molar-refractivity contribution in [1.82, 2.24) is 19.7 Å². The standard InChI is InChI=1S/C17H15ClFN5OS/c1-10(16(25)21-13-8-5-9-20-14(13)18)26-17-23-22-15(24(17)2)11-6-3-4-7-12(11)19/h3-10H,1-2H3,(H,21,25)/t10-/m0/s1. The van der Waals surface area contributed by atoms with E-state index in [2.05, 4.69) is 20.5 Å². The van der Waals surface area contributed by atoms with Crippen LogP contribution >= 0.6 is 23.4 Å². The molecule has 3 rings (SSSR count). The SMILES string of the molecule is C[C@H](Sc1nnc(-c2ccccc2F)n1C)C(=O)Nc1cccnc1Cl. The fraction of sp³-hybridized carbons (Fsp3) is 0.176. The van der Waals surface area contributed by atoms with E-state index in [1.54, 1.807) is 55.1 Å². The predicted octanol–water partition coefficient (Wildman–Crippen LogP) is 3.79. The summed E-state index contributed by atoms with van der Waals surface area (Å²) in [6.45, 7) is 1.74. The molecule has 26 heavy (non-hydrogen) atoms. The van der Waals surface area contributed by atoms with Gasteiger partial charge in [0.2, 0.25) is 5.91 Å². The maximum absolute atomic E-state index is 14.0. The van der Waals surface area contributed by atoms with Gasteiger partial charge in [-0.05, 0) is 31.2 Å². The molecule has 0 aliphatic rings. The van der Waals surface area contributed by atoms with E-state index in [-0.39, 0.29) is 16.9 Å². The Kier molecular flexibility index (Phi) is 5.53. The molecule has 9 heteroatoms. The van der Waals surface area contributed by atoms with E-state index < -0.39 is 5.25 Å². The summed E-state index contributed by atoms with van der Waals surface area (Å²) in [5, 5.41) is 11.1. The average molecular weight is 392 g/mol. The van der Waals surface area contributed by atoms with Crippen LogP contribution in [0.2, 0.25) is 5.15 Å². The Morgan fingerprint density at radius 2 is 2.04 bits per heavy atom. The van der Waals surface area contributed by atoms with Crippen LogP contribution in [-0.4, -0.2) is 30.9 Å². The van der Waals surface area contributed by atoms with E-state index in [9.17, 15) is 9.18 Å². The quantitative estimate of drug-likeness (QED) is 0.529. The third kappa shape index (κ3) is 3.86. The third-order valence-corrected chi connectivity index (χ3v) is 5.05. The number of nitrogens with zero attached hydrogens (tertiary/aromatic N) is 4. The molecule has 6 nitrogen and oxygen atoms in total. The molecule has 0 aliphatic carbocycles. The monoisotopic (exact) mass is 391 g/mol. The van der Waals surface area contributed by atoms with E-state index in [1.165, 1.54) is 17.8 Å². The van der Waals surface area contributed by atoms with Crippen molar-refractivity contribution in [2.75, 3.05) is 5.32 Å². The van der Waals surface area contributed by atoms with Gasteiger partial charge in [-0.15, -0.1) is 10.2 Å². The van der Waals surface area contributed by atoms with Crippen LogP contribution in [0.15, 0.2) is 47.8 Å². The summed E-state index contributed by atoms with van der Waals surface area (Å²) in [6, 6.07) is 9.69. The molecular weight excluding hydrogens is 377 g/mol. The number of aromatic nitrogens is 4. The van der Waals surface area contributed by atoms with Crippen molar-refractivity contribution >= 4 is 35.0 Å². The van der Waals surface area contributed by atoms with Crippen molar-refractivity contribution in [3.8, 4) is 11.4 Å². The zero-order valence-corrected chi connectivity index (χ0v) is 15.6. The highest BCUT2D eigenvalue weighted by molar-refractivity contribution is 8.00. The van der Waals surface area contributed by atoms with Crippen LogP contribution in [0.1, 0.15) is 6.92 Å². The molecule has 0 radical (unpaired) electrons. The molecule has 0 fully saturated rings. The lowest BCUT2D eigenvalue weighted by molar-refractivity contribution is -0.115. The van der Waals surface area contributed by atoms with Gasteiger partial charge in [0.1, 0.15) is 5.82 Å². The van der Waals surface area contributed by atoms with Gasteiger partial charge < -0.3 is 9.88 Å². The first kappa shape index (κ1) is 18.3. The Morgan fingerprint density at radius 3 is 2.77 bits per heavy atom. The maximum Gasteiger partial charge on any atom is 0.237 e. The molecule has 1 aromatic carbocycles. The van der Waals surface area contributed by atoms with Crippen molar-refractivity contribution in [1.29, 1.82) is 0 Å². The molecule has 0 saturated heterocycles. The third-order valence-electron chi connectivity index (χ3n) is 3.62. The summed E-state index contributed by atoms with van der Waals surface area (Å²) in [5.74, 6) is -0.231. The number of hydrogen-bond donors (Lipinski definition) is 1. The largest absolute Gasteiger partial charge is 0.322 e. The van der Waals surface area contributed by atoms with Crippen molar-refractivity contribution in [3.05, 3.63) is 53.6 Å². The van der Waals surface area contributed by atoms with Gasteiger partial charge in [-0.3, -0.25) is 4.79 Å². The van der Waals surface area contributed by atoms with E-state index >= 15 is 0 Å². The molecule has 2 aromatic heterocycles. The highest BCUT2D eigenvalue weighted by Gasteiger charge is 2.21. The average Bonchev–Trinajstić information content (AvgIpc) is 2.98. The van der Waals surface area contributed by atoms with Crippen molar-refractivity contribution < 1.29 is 9.18 Å². The van der Waals surface area contributed by atoms with Gasteiger partial charge in [0, 0.05) is 13.2 Å². The summed E-state index contributed by atoms with van der Waals surface area (Å²) in [4.78, 5) is 16.3. The highest BCUT2D eigenvalue weighted by Crippen LogP contribution is 2.28. The minimum Gasteiger partial charge on any atom is -0.322 e. The van der Waals surface area contributed by atoms with E-state index in [4.69, 9.17) is 11.6 Å². The van der Waals surface area contributed by atoms with Gasteiger partial charge in [-0.1, -0.05) is 35.5 Å². The number of pyridine rings is 1. The summed E-state index contributed by atoms with van der Waals surface area (Å²) in [5.41, 5.74) is 0.797. The Hall–Kier alpha value is -2.45. The molecular formula is C17H15ClFN5OS. The number of hydrogen-bond acceptors (Lipinski definition) is 5. The van der Waals surface area contributed by atoms with Crippen LogP contribution in [0.3, 0.4) is 0 Å². The van der Waals surface area contributed by atoms with E-state index in [0.29, 0.717) is 22.2 Å². The summed E-state index contributed by atoms with van der Waals surface area (Å²) in [6.07, 6.45) is 1.54. The minimum absolute atomic E-state index is 0.221. The molecule has 0 unspecified atom stereocenters. The zero-order valence-electron chi connectivity index (χ0n) is 14.0. The van der Waals surface area contributed by atoms with Gasteiger partial charge in [0.05, 0.1) is 16.5 Å². The van der Waals surface area contributed by atoms with Crippen molar-refractivity contribution in [2.45, 2.75) is 17.3 Å². The normalized spacial score (nSPS) is 12.0. The summed E-state index contributed by atoms with van der Waals surface area (Å²) < 4.78 is 15.6. The smallest absolute Gasteiger partial charge is 0.237 e. The lowest BCUT2D eigenvalue weighted by atomic mass is 10.2. The van der Waals surface area contributed by atoms with Gasteiger partial charge in [0.15, 0.2) is 16.1 Å². The first-order chi connectivity index (χ1) is 12.5. The first-order valence-electron chi connectivity index (χ1n) is 7.69. The number of carbonyl (C=O) groups excluding carboxylic acids is 1. The number of carbonyl (C=O) groups is 1. The zero-order chi connectivity index (χ0) is 18.7. The molecule has 0 aliphatic heterocycles.